The van der Waals surface area contributed by atoms with E-state index >= 15 is 0 Å². The number of benzene rings is 2. The lowest BCUT2D eigenvalue weighted by atomic mass is 9.92. The molecule has 0 aliphatic rings. The van der Waals surface area contributed by atoms with Crippen LogP contribution in [0.4, 0.5) is 4.39 Å². The second kappa shape index (κ2) is 7.36. The minimum Gasteiger partial charge on any atom is -0.306 e. The fourth-order valence-corrected chi connectivity index (χ4v) is 3.29. The van der Waals surface area contributed by atoms with Gasteiger partial charge in [0.2, 0.25) is 0 Å². The van der Waals surface area contributed by atoms with Crippen molar-refractivity contribution in [2.45, 2.75) is 33.2 Å². The van der Waals surface area contributed by atoms with Crippen LogP contribution in [0.2, 0.25) is 0 Å². The molecule has 0 aliphatic carbocycles. The SMILES string of the molecule is CCCNC(c1ccc(F)cc1I)c1cccc(C)c1C. The summed E-state index contributed by atoms with van der Waals surface area (Å²) in [5.41, 5.74) is 4.99. The standard InChI is InChI=1S/C18H21FIN/c1-4-10-21-18(15-7-5-6-12(2)13(15)3)16-9-8-14(19)11-17(16)20/h5-9,11,18,21H,4,10H2,1-3H3. The molecule has 0 bridgehead atoms. The summed E-state index contributed by atoms with van der Waals surface area (Å²) in [5, 5.41) is 3.60. The summed E-state index contributed by atoms with van der Waals surface area (Å²) >= 11 is 2.22. The topological polar surface area (TPSA) is 12.0 Å². The minimum atomic E-state index is -0.182. The summed E-state index contributed by atoms with van der Waals surface area (Å²) in [6.45, 7) is 7.38. The van der Waals surface area contributed by atoms with Crippen molar-refractivity contribution in [3.8, 4) is 0 Å². The number of nitrogens with one attached hydrogen (secondary N) is 1. The molecule has 0 aliphatic heterocycles. The van der Waals surface area contributed by atoms with Gasteiger partial charge in [-0.25, -0.2) is 4.39 Å². The van der Waals surface area contributed by atoms with E-state index in [1.807, 2.05) is 6.07 Å². The van der Waals surface area contributed by atoms with E-state index in [4.69, 9.17) is 0 Å². The Hall–Kier alpha value is -0.940. The Balaban J connectivity index is 2.49. The monoisotopic (exact) mass is 397 g/mol. The molecule has 1 N–H and O–H groups in total. The quantitative estimate of drug-likeness (QED) is 0.690. The highest BCUT2D eigenvalue weighted by Crippen LogP contribution is 2.30. The summed E-state index contributed by atoms with van der Waals surface area (Å²) in [6, 6.07) is 11.5. The van der Waals surface area contributed by atoms with Gasteiger partial charge in [-0.15, -0.1) is 0 Å². The van der Waals surface area contributed by atoms with Crippen LogP contribution in [0, 0.1) is 23.2 Å². The van der Waals surface area contributed by atoms with Gasteiger partial charge in [-0.3, -0.25) is 0 Å². The van der Waals surface area contributed by atoms with E-state index in [-0.39, 0.29) is 11.9 Å². The lowest BCUT2D eigenvalue weighted by Crippen LogP contribution is -2.25. The molecule has 2 aromatic rings. The van der Waals surface area contributed by atoms with Gasteiger partial charge in [-0.2, -0.15) is 0 Å². The first kappa shape index (κ1) is 16.4. The molecule has 2 aromatic carbocycles. The van der Waals surface area contributed by atoms with Crippen LogP contribution < -0.4 is 5.32 Å². The molecular weight excluding hydrogens is 376 g/mol. The molecule has 0 fully saturated rings. The fraction of sp³-hybridized carbons (Fsp3) is 0.333. The van der Waals surface area contributed by atoms with Gasteiger partial charge in [-0.05, 0) is 83.8 Å². The molecule has 0 radical (unpaired) electrons. The first-order valence-corrected chi connectivity index (χ1v) is 8.37. The third-order valence-corrected chi connectivity index (χ3v) is 4.76. The van der Waals surface area contributed by atoms with E-state index in [2.05, 4.69) is 66.9 Å². The van der Waals surface area contributed by atoms with Crippen molar-refractivity contribution in [1.29, 1.82) is 0 Å². The molecular formula is C18H21FIN. The van der Waals surface area contributed by atoms with Gasteiger partial charge in [0, 0.05) is 3.57 Å². The maximum Gasteiger partial charge on any atom is 0.124 e. The summed E-state index contributed by atoms with van der Waals surface area (Å²) in [6.07, 6.45) is 1.07. The molecule has 0 aromatic heterocycles. The van der Waals surface area contributed by atoms with E-state index in [9.17, 15) is 4.39 Å². The van der Waals surface area contributed by atoms with Crippen molar-refractivity contribution in [3.05, 3.63) is 68.0 Å². The Kier molecular flexibility index (Phi) is 5.76. The Labute approximate surface area is 140 Å². The highest BCUT2D eigenvalue weighted by molar-refractivity contribution is 14.1. The summed E-state index contributed by atoms with van der Waals surface area (Å²) in [5.74, 6) is -0.182. The van der Waals surface area contributed by atoms with Gasteiger partial charge in [-0.1, -0.05) is 31.2 Å². The van der Waals surface area contributed by atoms with E-state index in [1.165, 1.54) is 16.7 Å². The van der Waals surface area contributed by atoms with Crippen LogP contribution in [0.1, 0.15) is 41.6 Å². The molecule has 1 nitrogen and oxygen atoms in total. The minimum absolute atomic E-state index is 0.109. The molecule has 0 spiro atoms. The second-order valence-electron chi connectivity index (χ2n) is 5.34. The number of hydrogen-bond acceptors (Lipinski definition) is 1. The zero-order valence-electron chi connectivity index (χ0n) is 12.7. The average molecular weight is 397 g/mol. The van der Waals surface area contributed by atoms with Crippen LogP contribution in [-0.4, -0.2) is 6.54 Å². The third kappa shape index (κ3) is 3.83. The van der Waals surface area contributed by atoms with Crippen LogP contribution in [0.3, 0.4) is 0 Å². The van der Waals surface area contributed by atoms with E-state index < -0.39 is 0 Å². The van der Waals surface area contributed by atoms with Crippen molar-refractivity contribution in [2.75, 3.05) is 6.54 Å². The average Bonchev–Trinajstić information content (AvgIpc) is 2.45. The normalized spacial score (nSPS) is 12.4. The van der Waals surface area contributed by atoms with E-state index in [1.54, 1.807) is 12.1 Å². The summed E-state index contributed by atoms with van der Waals surface area (Å²) < 4.78 is 14.3. The number of hydrogen-bond donors (Lipinski definition) is 1. The molecule has 1 atom stereocenters. The summed E-state index contributed by atoms with van der Waals surface area (Å²) in [4.78, 5) is 0. The number of rotatable bonds is 5. The Bertz CT molecular complexity index is 625. The molecule has 112 valence electrons. The predicted octanol–water partition coefficient (Wildman–Crippen LogP) is 5.14. The van der Waals surface area contributed by atoms with Gasteiger partial charge < -0.3 is 5.32 Å². The maximum atomic E-state index is 13.4. The van der Waals surface area contributed by atoms with Crippen LogP contribution in [0.15, 0.2) is 36.4 Å². The molecule has 21 heavy (non-hydrogen) atoms. The maximum absolute atomic E-state index is 13.4. The second-order valence-corrected chi connectivity index (χ2v) is 6.50. The Morgan fingerprint density at radius 2 is 1.90 bits per heavy atom. The Morgan fingerprint density at radius 3 is 2.57 bits per heavy atom. The lowest BCUT2D eigenvalue weighted by molar-refractivity contribution is 0.588. The highest BCUT2D eigenvalue weighted by Gasteiger charge is 2.18. The van der Waals surface area contributed by atoms with Gasteiger partial charge >= 0.3 is 0 Å². The molecule has 0 heterocycles. The van der Waals surface area contributed by atoms with Crippen molar-refractivity contribution < 1.29 is 4.39 Å². The molecule has 0 saturated heterocycles. The van der Waals surface area contributed by atoms with E-state index in [0.717, 1.165) is 22.1 Å². The van der Waals surface area contributed by atoms with Crippen molar-refractivity contribution in [3.63, 3.8) is 0 Å². The fourth-order valence-electron chi connectivity index (χ4n) is 2.50. The Morgan fingerprint density at radius 1 is 1.14 bits per heavy atom. The molecule has 0 saturated carbocycles. The summed E-state index contributed by atoms with van der Waals surface area (Å²) in [7, 11) is 0. The van der Waals surface area contributed by atoms with Gasteiger partial charge in [0.1, 0.15) is 5.82 Å². The largest absolute Gasteiger partial charge is 0.306 e. The van der Waals surface area contributed by atoms with Crippen LogP contribution in [0.5, 0.6) is 0 Å². The molecule has 0 amide bonds. The highest BCUT2D eigenvalue weighted by atomic mass is 127. The smallest absolute Gasteiger partial charge is 0.124 e. The first-order chi connectivity index (χ1) is 10.0. The van der Waals surface area contributed by atoms with Crippen LogP contribution >= 0.6 is 22.6 Å². The van der Waals surface area contributed by atoms with Crippen molar-refractivity contribution >= 4 is 22.6 Å². The third-order valence-electron chi connectivity index (χ3n) is 3.83. The first-order valence-electron chi connectivity index (χ1n) is 7.29. The van der Waals surface area contributed by atoms with Gasteiger partial charge in [0.05, 0.1) is 6.04 Å². The van der Waals surface area contributed by atoms with Gasteiger partial charge in [0.15, 0.2) is 0 Å². The zero-order chi connectivity index (χ0) is 15.4. The number of aryl methyl sites for hydroxylation is 1. The lowest BCUT2D eigenvalue weighted by Gasteiger charge is -2.23. The number of halogens is 2. The molecule has 1 unspecified atom stereocenters. The molecule has 2 rings (SSSR count). The van der Waals surface area contributed by atoms with E-state index in [0.29, 0.717) is 0 Å². The van der Waals surface area contributed by atoms with Crippen molar-refractivity contribution in [1.82, 2.24) is 5.32 Å². The van der Waals surface area contributed by atoms with Crippen LogP contribution in [0.25, 0.3) is 0 Å². The predicted molar refractivity (Wildman–Crippen MR) is 95.2 cm³/mol. The van der Waals surface area contributed by atoms with Gasteiger partial charge in [0.25, 0.3) is 0 Å². The van der Waals surface area contributed by atoms with Crippen molar-refractivity contribution in [2.24, 2.45) is 0 Å². The zero-order valence-corrected chi connectivity index (χ0v) is 14.9. The molecule has 3 heteroatoms. The van der Waals surface area contributed by atoms with Crippen LogP contribution in [-0.2, 0) is 0 Å².